The molecule has 0 unspecified atom stereocenters. The van der Waals surface area contributed by atoms with Gasteiger partial charge in [-0.05, 0) is 49.6 Å². The fourth-order valence-electron chi connectivity index (χ4n) is 2.09. The monoisotopic (exact) mass is 314 g/mol. The minimum Gasteiger partial charge on any atom is -0.508 e. The summed E-state index contributed by atoms with van der Waals surface area (Å²) in [5, 5.41) is 9.01. The van der Waals surface area contributed by atoms with E-state index in [0.29, 0.717) is 12.1 Å². The van der Waals surface area contributed by atoms with Gasteiger partial charge >= 0.3 is 6.11 Å². The number of phenolic OH excluding ortho intramolecular Hbond substituents is 1. The van der Waals surface area contributed by atoms with Crippen molar-refractivity contribution in [3.63, 3.8) is 0 Å². The Morgan fingerprint density at radius 3 is 1.82 bits per heavy atom. The van der Waals surface area contributed by atoms with Gasteiger partial charge in [0.2, 0.25) is 0 Å². The van der Waals surface area contributed by atoms with Crippen molar-refractivity contribution in [2.75, 3.05) is 0 Å². The van der Waals surface area contributed by atoms with Gasteiger partial charge in [-0.15, -0.1) is 0 Å². The normalized spacial score (nSPS) is 11.6. The van der Waals surface area contributed by atoms with Crippen molar-refractivity contribution in [3.8, 4) is 11.5 Å². The number of benzene rings is 2. The van der Waals surface area contributed by atoms with Crippen molar-refractivity contribution >= 4 is 0 Å². The quantitative estimate of drug-likeness (QED) is 0.830. The smallest absolute Gasteiger partial charge is 0.432 e. The van der Waals surface area contributed by atoms with Crippen LogP contribution in [0.2, 0.25) is 0 Å². The highest BCUT2D eigenvalue weighted by Crippen LogP contribution is 2.37. The van der Waals surface area contributed by atoms with Gasteiger partial charge in [0.1, 0.15) is 28.7 Å². The summed E-state index contributed by atoms with van der Waals surface area (Å²) in [6.07, 6.45) is -4.21. The minimum atomic E-state index is -4.21. The molecule has 2 rings (SSSR count). The third kappa shape index (κ3) is 3.00. The summed E-state index contributed by atoms with van der Waals surface area (Å²) in [6.45, 7) is 5.26. The second-order valence-corrected chi connectivity index (χ2v) is 5.09. The summed E-state index contributed by atoms with van der Waals surface area (Å²) in [4.78, 5) is 0. The number of alkyl halides is 2. The third-order valence-electron chi connectivity index (χ3n) is 3.46. The maximum Gasteiger partial charge on any atom is 0.432 e. The fourth-order valence-corrected chi connectivity index (χ4v) is 2.09. The zero-order valence-corrected chi connectivity index (χ0v) is 12.2. The van der Waals surface area contributed by atoms with Gasteiger partial charge in [0, 0.05) is 12.1 Å². The Bertz CT molecular complexity index is 680. The summed E-state index contributed by atoms with van der Waals surface area (Å²) >= 11 is 0. The van der Waals surface area contributed by atoms with Crippen LogP contribution in [-0.2, 0) is 6.11 Å². The molecule has 2 aromatic carbocycles. The fraction of sp³-hybridized carbons (Fsp3) is 0.250. The molecule has 6 heteroatoms. The second kappa shape index (κ2) is 5.51. The summed E-state index contributed by atoms with van der Waals surface area (Å²) in [5.41, 5.74) is 0.814. The predicted molar refractivity (Wildman–Crippen MR) is 73.2 cm³/mol. The number of phenols is 1. The molecule has 0 amide bonds. The first-order valence-corrected chi connectivity index (χ1v) is 6.45. The Kier molecular flexibility index (Phi) is 4.04. The number of aryl methyl sites for hydroxylation is 2. The highest BCUT2D eigenvalue weighted by Gasteiger charge is 2.41. The van der Waals surface area contributed by atoms with Crippen LogP contribution in [0, 0.1) is 32.4 Å². The summed E-state index contributed by atoms with van der Waals surface area (Å²) in [6, 6.07) is 3.54. The number of aromatic hydroxyl groups is 1. The van der Waals surface area contributed by atoms with Gasteiger partial charge in [0.25, 0.3) is 0 Å². The summed E-state index contributed by atoms with van der Waals surface area (Å²) < 4.78 is 59.8. The molecule has 0 atom stereocenters. The molecule has 2 nitrogen and oxygen atoms in total. The van der Waals surface area contributed by atoms with E-state index in [1.54, 1.807) is 13.8 Å². The van der Waals surface area contributed by atoms with Crippen LogP contribution in [0.1, 0.15) is 22.3 Å². The zero-order valence-electron chi connectivity index (χ0n) is 12.2. The number of hydrogen-bond acceptors (Lipinski definition) is 2. The van der Waals surface area contributed by atoms with Gasteiger partial charge in [-0.3, -0.25) is 0 Å². The Morgan fingerprint density at radius 2 is 1.36 bits per heavy atom. The van der Waals surface area contributed by atoms with Crippen LogP contribution in [0.3, 0.4) is 0 Å². The Labute approximate surface area is 125 Å². The average Bonchev–Trinajstić information content (AvgIpc) is 2.33. The molecule has 2 aromatic rings. The highest BCUT2D eigenvalue weighted by molar-refractivity contribution is 5.41. The van der Waals surface area contributed by atoms with Crippen LogP contribution >= 0.6 is 0 Å². The molecule has 0 heterocycles. The number of halogens is 4. The Morgan fingerprint density at radius 1 is 0.909 bits per heavy atom. The molecule has 0 aromatic heterocycles. The molecule has 118 valence electrons. The standard InChI is InChI=1S/C16H14F4O2/c1-8-4-12(5-9(2)10(8)3)22-16(19,20)15-13(17)6-11(21)7-14(15)18/h4-7,21H,1-3H3. The molecular weight excluding hydrogens is 300 g/mol. The molecule has 0 bridgehead atoms. The van der Waals surface area contributed by atoms with E-state index in [2.05, 4.69) is 4.74 Å². The SMILES string of the molecule is Cc1cc(OC(F)(F)c2c(F)cc(O)cc2F)cc(C)c1C. The van der Waals surface area contributed by atoms with Crippen molar-refractivity contribution in [1.82, 2.24) is 0 Å². The molecule has 0 spiro atoms. The van der Waals surface area contributed by atoms with Crippen molar-refractivity contribution < 1.29 is 27.4 Å². The summed E-state index contributed by atoms with van der Waals surface area (Å²) in [5.74, 6) is -4.14. The van der Waals surface area contributed by atoms with Gasteiger partial charge in [-0.2, -0.15) is 8.78 Å². The zero-order chi connectivity index (χ0) is 16.7. The molecular formula is C16H14F4O2. The van der Waals surface area contributed by atoms with Crippen molar-refractivity contribution in [2.45, 2.75) is 26.9 Å². The van der Waals surface area contributed by atoms with Gasteiger partial charge in [0.05, 0.1) is 0 Å². The summed E-state index contributed by atoms with van der Waals surface area (Å²) in [7, 11) is 0. The predicted octanol–water partition coefficient (Wildman–Crippen LogP) is 4.72. The van der Waals surface area contributed by atoms with E-state index in [9.17, 15) is 17.6 Å². The van der Waals surface area contributed by atoms with Crippen LogP contribution in [-0.4, -0.2) is 5.11 Å². The van der Waals surface area contributed by atoms with Crippen LogP contribution < -0.4 is 4.74 Å². The minimum absolute atomic E-state index is 0.197. The lowest BCUT2D eigenvalue weighted by molar-refractivity contribution is -0.189. The third-order valence-corrected chi connectivity index (χ3v) is 3.46. The van der Waals surface area contributed by atoms with E-state index in [1.165, 1.54) is 12.1 Å². The highest BCUT2D eigenvalue weighted by atomic mass is 19.3. The van der Waals surface area contributed by atoms with E-state index < -0.39 is 29.1 Å². The molecule has 0 saturated carbocycles. The van der Waals surface area contributed by atoms with Crippen LogP contribution in [0.25, 0.3) is 0 Å². The van der Waals surface area contributed by atoms with Crippen LogP contribution in [0.15, 0.2) is 24.3 Å². The first kappa shape index (κ1) is 16.1. The van der Waals surface area contributed by atoms with Crippen LogP contribution in [0.4, 0.5) is 17.6 Å². The van der Waals surface area contributed by atoms with E-state index in [1.807, 2.05) is 6.92 Å². The molecule has 0 aliphatic heterocycles. The molecule has 0 saturated heterocycles. The number of ether oxygens (including phenoxy) is 1. The van der Waals surface area contributed by atoms with Gasteiger partial charge in [-0.1, -0.05) is 0 Å². The average molecular weight is 314 g/mol. The molecule has 0 radical (unpaired) electrons. The first-order valence-electron chi connectivity index (χ1n) is 6.45. The largest absolute Gasteiger partial charge is 0.508 e. The van der Waals surface area contributed by atoms with Gasteiger partial charge in [0.15, 0.2) is 0 Å². The van der Waals surface area contributed by atoms with Crippen LogP contribution in [0.5, 0.6) is 11.5 Å². The lowest BCUT2D eigenvalue weighted by Crippen LogP contribution is -2.25. The first-order chi connectivity index (χ1) is 10.1. The van der Waals surface area contributed by atoms with E-state index in [-0.39, 0.29) is 5.75 Å². The lowest BCUT2D eigenvalue weighted by Gasteiger charge is -2.20. The van der Waals surface area contributed by atoms with E-state index in [0.717, 1.165) is 16.7 Å². The van der Waals surface area contributed by atoms with E-state index >= 15 is 0 Å². The molecule has 22 heavy (non-hydrogen) atoms. The van der Waals surface area contributed by atoms with Crippen molar-refractivity contribution in [2.24, 2.45) is 0 Å². The maximum absolute atomic E-state index is 14.1. The molecule has 1 N–H and O–H groups in total. The Balaban J connectivity index is 2.44. The molecule has 0 fully saturated rings. The Hall–Kier alpha value is -2.24. The molecule has 0 aliphatic carbocycles. The van der Waals surface area contributed by atoms with Crippen molar-refractivity contribution in [3.05, 3.63) is 58.2 Å². The lowest BCUT2D eigenvalue weighted by atomic mass is 10.0. The number of rotatable bonds is 3. The maximum atomic E-state index is 14.1. The van der Waals surface area contributed by atoms with Gasteiger partial charge in [-0.25, -0.2) is 8.78 Å². The van der Waals surface area contributed by atoms with E-state index in [4.69, 9.17) is 5.11 Å². The molecule has 0 aliphatic rings. The van der Waals surface area contributed by atoms with Gasteiger partial charge < -0.3 is 9.84 Å². The number of hydrogen-bond donors (Lipinski definition) is 1. The van der Waals surface area contributed by atoms with Crippen molar-refractivity contribution in [1.29, 1.82) is 0 Å². The topological polar surface area (TPSA) is 29.5 Å². The second-order valence-electron chi connectivity index (χ2n) is 5.09.